The molecule has 0 unspecified atom stereocenters. The van der Waals surface area contributed by atoms with Gasteiger partial charge < -0.3 is 5.11 Å². The fourth-order valence-electron chi connectivity index (χ4n) is 1.51. The van der Waals surface area contributed by atoms with Crippen molar-refractivity contribution in [2.24, 2.45) is 0 Å². The molecule has 0 bridgehead atoms. The minimum atomic E-state index is -3.90. The molecule has 0 atom stereocenters. The predicted molar refractivity (Wildman–Crippen MR) is 51.5 cm³/mol. The summed E-state index contributed by atoms with van der Waals surface area (Å²) in [6.45, 7) is 3.43. The summed E-state index contributed by atoms with van der Waals surface area (Å²) < 4.78 is 29.8. The standard InChI is InChI=1S/C7H16N2O4S.Na/c10-6-5-8-1-3-9(4-2-8)7-14(11,12)13;/h10H,1-7H2,(H,11,12,13);/q;+1. The van der Waals surface area contributed by atoms with Crippen LogP contribution >= 0.6 is 0 Å². The van der Waals surface area contributed by atoms with Crippen molar-refractivity contribution in [2.45, 2.75) is 0 Å². The van der Waals surface area contributed by atoms with E-state index in [0.717, 1.165) is 13.1 Å². The summed E-state index contributed by atoms with van der Waals surface area (Å²) in [7, 11) is -3.90. The van der Waals surface area contributed by atoms with Crippen LogP contribution in [0.15, 0.2) is 0 Å². The van der Waals surface area contributed by atoms with Gasteiger partial charge in [-0.1, -0.05) is 0 Å². The minimum Gasteiger partial charge on any atom is -0.395 e. The molecule has 0 aromatic rings. The normalized spacial score (nSPS) is 19.9. The van der Waals surface area contributed by atoms with Crippen molar-refractivity contribution in [1.29, 1.82) is 0 Å². The number of β-amino-alcohol motifs (C(OH)–C–C–N with tert-alkyl or cyclic N) is 1. The molecular formula is C7H16N2NaO4S+. The summed E-state index contributed by atoms with van der Waals surface area (Å²) in [6.07, 6.45) is 0. The Morgan fingerprint density at radius 2 is 1.53 bits per heavy atom. The van der Waals surface area contributed by atoms with Gasteiger partial charge in [-0.05, 0) is 0 Å². The van der Waals surface area contributed by atoms with Gasteiger partial charge in [0.05, 0.1) is 6.61 Å². The second kappa shape index (κ2) is 7.18. The Kier molecular flexibility index (Phi) is 7.56. The Balaban J connectivity index is 0.00000196. The van der Waals surface area contributed by atoms with E-state index in [1.807, 2.05) is 0 Å². The number of nitrogens with zero attached hydrogens (tertiary/aromatic N) is 2. The molecule has 0 saturated carbocycles. The summed E-state index contributed by atoms with van der Waals surface area (Å²) >= 11 is 0. The molecule has 8 heteroatoms. The van der Waals surface area contributed by atoms with Crippen LogP contribution in [0.1, 0.15) is 0 Å². The fourth-order valence-corrected chi connectivity index (χ4v) is 2.23. The Bertz CT molecular complexity index is 264. The third kappa shape index (κ3) is 6.85. The molecular weight excluding hydrogens is 231 g/mol. The molecule has 1 fully saturated rings. The molecule has 1 rings (SSSR count). The number of hydrogen-bond donors (Lipinski definition) is 2. The van der Waals surface area contributed by atoms with Gasteiger partial charge >= 0.3 is 29.6 Å². The van der Waals surface area contributed by atoms with E-state index < -0.39 is 10.1 Å². The van der Waals surface area contributed by atoms with Gasteiger partial charge in [0, 0.05) is 32.7 Å². The molecule has 84 valence electrons. The van der Waals surface area contributed by atoms with E-state index in [0.29, 0.717) is 19.6 Å². The molecule has 1 heterocycles. The first-order valence-corrected chi connectivity index (χ1v) is 6.13. The van der Waals surface area contributed by atoms with Gasteiger partial charge in [-0.2, -0.15) is 8.42 Å². The van der Waals surface area contributed by atoms with Gasteiger partial charge in [0.25, 0.3) is 10.1 Å². The predicted octanol–water partition coefficient (Wildman–Crippen LogP) is -4.55. The first-order chi connectivity index (χ1) is 6.51. The summed E-state index contributed by atoms with van der Waals surface area (Å²) in [6, 6.07) is 0. The Labute approximate surface area is 112 Å². The Hall–Kier alpha value is 0.790. The van der Waals surface area contributed by atoms with E-state index in [2.05, 4.69) is 4.90 Å². The third-order valence-corrected chi connectivity index (χ3v) is 2.92. The Morgan fingerprint density at radius 1 is 1.07 bits per heavy atom. The molecule has 0 spiro atoms. The molecule has 0 aromatic heterocycles. The molecule has 6 nitrogen and oxygen atoms in total. The zero-order valence-electron chi connectivity index (χ0n) is 8.96. The van der Waals surface area contributed by atoms with E-state index in [1.165, 1.54) is 0 Å². The van der Waals surface area contributed by atoms with Crippen LogP contribution in [0.2, 0.25) is 0 Å². The van der Waals surface area contributed by atoms with Gasteiger partial charge in [0.2, 0.25) is 0 Å². The summed E-state index contributed by atoms with van der Waals surface area (Å²) in [5.41, 5.74) is 0. The quantitative estimate of drug-likeness (QED) is 0.385. The van der Waals surface area contributed by atoms with Gasteiger partial charge in [-0.25, -0.2) is 0 Å². The molecule has 1 saturated heterocycles. The maximum atomic E-state index is 10.6. The van der Waals surface area contributed by atoms with Crippen molar-refractivity contribution in [2.75, 3.05) is 45.2 Å². The van der Waals surface area contributed by atoms with Crippen LogP contribution in [0.5, 0.6) is 0 Å². The second-order valence-electron chi connectivity index (χ2n) is 3.39. The van der Waals surface area contributed by atoms with Crippen LogP contribution < -0.4 is 29.6 Å². The van der Waals surface area contributed by atoms with Crippen LogP contribution in [0.25, 0.3) is 0 Å². The first kappa shape index (κ1) is 15.8. The average Bonchev–Trinajstić information content (AvgIpc) is 2.06. The molecule has 1 aliphatic heterocycles. The largest absolute Gasteiger partial charge is 1.00 e. The van der Waals surface area contributed by atoms with Crippen molar-refractivity contribution in [3.05, 3.63) is 0 Å². The van der Waals surface area contributed by atoms with Crippen molar-refractivity contribution in [3.8, 4) is 0 Å². The minimum absolute atomic E-state index is 0. The number of piperazine rings is 1. The number of aliphatic hydroxyl groups is 1. The SMILES string of the molecule is O=S(=O)(O)CN1CCN(CCO)CC1.[Na+]. The van der Waals surface area contributed by atoms with E-state index in [1.54, 1.807) is 4.90 Å². The van der Waals surface area contributed by atoms with Crippen LogP contribution in [0, 0.1) is 0 Å². The third-order valence-electron chi connectivity index (χ3n) is 2.23. The summed E-state index contributed by atoms with van der Waals surface area (Å²) in [4.78, 5) is 3.74. The van der Waals surface area contributed by atoms with E-state index in [9.17, 15) is 8.42 Å². The van der Waals surface area contributed by atoms with Crippen LogP contribution in [-0.2, 0) is 10.1 Å². The average molecular weight is 247 g/mol. The van der Waals surface area contributed by atoms with Gasteiger partial charge in [-0.3, -0.25) is 14.4 Å². The van der Waals surface area contributed by atoms with E-state index >= 15 is 0 Å². The van der Waals surface area contributed by atoms with Crippen LogP contribution in [-0.4, -0.2) is 73.1 Å². The van der Waals surface area contributed by atoms with Gasteiger partial charge in [0.15, 0.2) is 0 Å². The number of aliphatic hydroxyl groups excluding tert-OH is 1. The van der Waals surface area contributed by atoms with Gasteiger partial charge in [-0.15, -0.1) is 0 Å². The maximum absolute atomic E-state index is 10.6. The zero-order valence-corrected chi connectivity index (χ0v) is 11.8. The summed E-state index contributed by atoms with van der Waals surface area (Å²) in [5.74, 6) is -0.292. The first-order valence-electron chi connectivity index (χ1n) is 4.52. The molecule has 0 amide bonds. The number of hydrogen-bond acceptors (Lipinski definition) is 5. The number of rotatable bonds is 4. The molecule has 0 radical (unpaired) electrons. The van der Waals surface area contributed by atoms with Crippen molar-refractivity contribution in [1.82, 2.24) is 9.80 Å². The molecule has 1 aliphatic rings. The zero-order chi connectivity index (χ0) is 10.6. The summed E-state index contributed by atoms with van der Waals surface area (Å²) in [5, 5.41) is 8.68. The van der Waals surface area contributed by atoms with Crippen molar-refractivity contribution in [3.63, 3.8) is 0 Å². The van der Waals surface area contributed by atoms with Crippen molar-refractivity contribution < 1.29 is 47.6 Å². The van der Waals surface area contributed by atoms with Crippen LogP contribution in [0.3, 0.4) is 0 Å². The second-order valence-corrected chi connectivity index (χ2v) is 4.82. The molecule has 0 aromatic carbocycles. The maximum Gasteiger partial charge on any atom is 1.00 e. The monoisotopic (exact) mass is 247 g/mol. The molecule has 0 aliphatic carbocycles. The fraction of sp³-hybridized carbons (Fsp3) is 1.00. The smallest absolute Gasteiger partial charge is 0.395 e. The Morgan fingerprint density at radius 3 is 1.93 bits per heavy atom. The van der Waals surface area contributed by atoms with Crippen LogP contribution in [0.4, 0.5) is 0 Å². The van der Waals surface area contributed by atoms with E-state index in [4.69, 9.17) is 9.66 Å². The van der Waals surface area contributed by atoms with E-state index in [-0.39, 0.29) is 42.0 Å². The molecule has 2 N–H and O–H groups in total. The van der Waals surface area contributed by atoms with Gasteiger partial charge in [0.1, 0.15) is 5.88 Å². The topological polar surface area (TPSA) is 81.1 Å². The molecule has 15 heavy (non-hydrogen) atoms. The van der Waals surface area contributed by atoms with Crippen molar-refractivity contribution >= 4 is 10.1 Å².